The predicted molar refractivity (Wildman–Crippen MR) is 109 cm³/mol. The number of amides is 2. The van der Waals surface area contributed by atoms with E-state index in [1.807, 2.05) is 4.90 Å². The number of aromatic nitrogens is 3. The van der Waals surface area contributed by atoms with E-state index in [0.29, 0.717) is 30.1 Å². The molecule has 12 heteroatoms. The number of rotatable bonds is 4. The lowest BCUT2D eigenvalue weighted by molar-refractivity contribution is -0.138. The second-order valence-electron chi connectivity index (χ2n) is 8.07. The number of carbonyl (C=O) groups excluding carboxylic acids is 1. The van der Waals surface area contributed by atoms with Gasteiger partial charge in [0.2, 0.25) is 0 Å². The Hall–Kier alpha value is -3.44. The van der Waals surface area contributed by atoms with Gasteiger partial charge in [0.15, 0.2) is 5.65 Å². The van der Waals surface area contributed by atoms with E-state index in [9.17, 15) is 26.7 Å². The molecule has 3 aromatic rings. The molecule has 0 radical (unpaired) electrons. The molecule has 2 saturated heterocycles. The number of nitrogens with zero attached hydrogens (tertiary/aromatic N) is 6. The Kier molecular flexibility index (Phi) is 5.09. The zero-order chi connectivity index (χ0) is 23.3. The predicted octanol–water partition coefficient (Wildman–Crippen LogP) is 4.15. The van der Waals surface area contributed by atoms with Crippen molar-refractivity contribution < 1.29 is 26.7 Å². The number of benzene rings is 1. The Bertz CT molecular complexity index is 1210. The van der Waals surface area contributed by atoms with Gasteiger partial charge in [-0.05, 0) is 37.1 Å². The van der Waals surface area contributed by atoms with Crippen LogP contribution in [0.5, 0.6) is 0 Å². The van der Waals surface area contributed by atoms with Gasteiger partial charge in [-0.1, -0.05) is 0 Å². The lowest BCUT2D eigenvalue weighted by atomic mass is 10.0. The summed E-state index contributed by atoms with van der Waals surface area (Å²) >= 11 is 0. The van der Waals surface area contributed by atoms with Gasteiger partial charge < -0.3 is 9.80 Å². The molecular weight excluding hydrogens is 447 g/mol. The summed E-state index contributed by atoms with van der Waals surface area (Å²) < 4.78 is 67.9. The van der Waals surface area contributed by atoms with E-state index in [0.717, 1.165) is 23.5 Å². The van der Waals surface area contributed by atoms with Crippen LogP contribution in [-0.2, 0) is 0 Å². The molecule has 1 unspecified atom stereocenters. The average molecular weight is 466 g/mol. The quantitative estimate of drug-likeness (QED) is 0.542. The van der Waals surface area contributed by atoms with Crippen molar-refractivity contribution in [2.75, 3.05) is 36.0 Å². The van der Waals surface area contributed by atoms with E-state index in [-0.39, 0.29) is 18.7 Å². The minimum Gasteiger partial charge on any atom is -0.349 e. The summed E-state index contributed by atoms with van der Waals surface area (Å²) in [4.78, 5) is 21.0. The monoisotopic (exact) mass is 466 g/mol. The maximum atomic E-state index is 14.4. The second kappa shape index (κ2) is 7.85. The van der Waals surface area contributed by atoms with Crippen molar-refractivity contribution in [2.45, 2.75) is 25.1 Å². The van der Waals surface area contributed by atoms with Crippen molar-refractivity contribution in [2.24, 2.45) is 0 Å². The Balaban J connectivity index is 1.46. The first-order valence-electron chi connectivity index (χ1n) is 10.4. The number of hydrogen-bond acceptors (Lipinski definition) is 4. The van der Waals surface area contributed by atoms with E-state index in [1.54, 1.807) is 12.3 Å². The molecule has 5 rings (SSSR count). The highest BCUT2D eigenvalue weighted by Crippen LogP contribution is 2.37. The summed E-state index contributed by atoms with van der Waals surface area (Å²) in [5.41, 5.74) is 0.819. The van der Waals surface area contributed by atoms with Crippen molar-refractivity contribution in [3.63, 3.8) is 0 Å². The Morgan fingerprint density at radius 2 is 1.91 bits per heavy atom. The van der Waals surface area contributed by atoms with Crippen LogP contribution in [-0.4, -0.2) is 57.9 Å². The molecule has 2 fully saturated rings. The molecule has 0 N–H and O–H groups in total. The summed E-state index contributed by atoms with van der Waals surface area (Å²) in [6.45, 7) is -0.754. The van der Waals surface area contributed by atoms with Gasteiger partial charge in [0, 0.05) is 31.4 Å². The normalized spacial score (nSPS) is 19.4. The van der Waals surface area contributed by atoms with E-state index in [2.05, 4.69) is 10.1 Å². The highest BCUT2D eigenvalue weighted by Gasteiger charge is 2.39. The first-order chi connectivity index (χ1) is 15.7. The molecule has 7 nitrogen and oxygen atoms in total. The molecule has 0 aliphatic carbocycles. The van der Waals surface area contributed by atoms with Gasteiger partial charge in [0.1, 0.15) is 29.7 Å². The summed E-state index contributed by atoms with van der Waals surface area (Å²) in [5.74, 6) is -0.559. The first kappa shape index (κ1) is 21.4. The molecule has 2 aliphatic heterocycles. The fraction of sp³-hybridized carbons (Fsp3) is 0.381. The summed E-state index contributed by atoms with van der Waals surface area (Å²) in [6.07, 6.45) is -0.135. The SMILES string of the molecule is O=C1N(CC(F)(F)F)CCN1c1cnn2ccc(N3CCCC3c3cc(F)ccc3F)nc12. The molecule has 174 valence electrons. The molecule has 2 aromatic heterocycles. The van der Waals surface area contributed by atoms with Crippen LogP contribution in [0.1, 0.15) is 24.4 Å². The highest BCUT2D eigenvalue weighted by molar-refractivity contribution is 5.97. The molecule has 0 spiro atoms. The molecular formula is C21H19F5N6O. The maximum Gasteiger partial charge on any atom is 0.406 e. The van der Waals surface area contributed by atoms with Gasteiger partial charge in [0.25, 0.3) is 0 Å². The standard InChI is InChI=1S/C21H19F5N6O/c22-13-3-4-15(23)14(10-13)16-2-1-6-30(16)18-5-7-32-19(28-18)17(11-27-32)31-9-8-29(20(31)33)12-21(24,25)26/h3-5,7,10-11,16H,1-2,6,8-9,12H2. The highest BCUT2D eigenvalue weighted by atomic mass is 19.4. The summed E-state index contributed by atoms with van der Waals surface area (Å²) in [6, 6.07) is 3.84. The van der Waals surface area contributed by atoms with Gasteiger partial charge in [0.05, 0.1) is 12.2 Å². The molecule has 1 atom stereocenters. The van der Waals surface area contributed by atoms with Crippen LogP contribution in [0.3, 0.4) is 0 Å². The zero-order valence-electron chi connectivity index (χ0n) is 17.3. The molecule has 2 aliphatic rings. The van der Waals surface area contributed by atoms with Crippen molar-refractivity contribution in [3.8, 4) is 0 Å². The number of anilines is 2. The number of carbonyl (C=O) groups is 1. The van der Waals surface area contributed by atoms with Gasteiger partial charge in [-0.25, -0.2) is 23.1 Å². The number of halogens is 5. The molecule has 2 amide bonds. The largest absolute Gasteiger partial charge is 0.406 e. The number of urea groups is 1. The van der Waals surface area contributed by atoms with Crippen LogP contribution in [0.4, 0.5) is 38.3 Å². The van der Waals surface area contributed by atoms with Crippen LogP contribution in [0.15, 0.2) is 36.7 Å². The number of alkyl halides is 3. The molecule has 33 heavy (non-hydrogen) atoms. The zero-order valence-corrected chi connectivity index (χ0v) is 17.3. The van der Waals surface area contributed by atoms with E-state index >= 15 is 0 Å². The summed E-state index contributed by atoms with van der Waals surface area (Å²) in [7, 11) is 0. The van der Waals surface area contributed by atoms with Crippen molar-refractivity contribution in [3.05, 3.63) is 53.9 Å². The second-order valence-corrected chi connectivity index (χ2v) is 8.07. The molecule has 0 bridgehead atoms. The van der Waals surface area contributed by atoms with Crippen molar-refractivity contribution in [1.82, 2.24) is 19.5 Å². The third-order valence-corrected chi connectivity index (χ3v) is 5.96. The minimum atomic E-state index is -4.49. The lowest BCUT2D eigenvalue weighted by Crippen LogP contribution is -2.38. The first-order valence-corrected chi connectivity index (χ1v) is 10.4. The Labute approximate surface area is 185 Å². The molecule has 1 aromatic carbocycles. The maximum absolute atomic E-state index is 14.4. The smallest absolute Gasteiger partial charge is 0.349 e. The van der Waals surface area contributed by atoms with Gasteiger partial charge in [-0.15, -0.1) is 0 Å². The third kappa shape index (κ3) is 3.93. The van der Waals surface area contributed by atoms with Crippen LogP contribution in [0, 0.1) is 11.6 Å². The Morgan fingerprint density at radius 3 is 2.70 bits per heavy atom. The van der Waals surface area contributed by atoms with Crippen molar-refractivity contribution >= 4 is 23.2 Å². The van der Waals surface area contributed by atoms with E-state index in [4.69, 9.17) is 0 Å². The van der Waals surface area contributed by atoms with E-state index in [1.165, 1.54) is 21.7 Å². The van der Waals surface area contributed by atoms with Crippen LogP contribution in [0.25, 0.3) is 5.65 Å². The van der Waals surface area contributed by atoms with Gasteiger partial charge >= 0.3 is 12.2 Å². The fourth-order valence-corrected chi connectivity index (χ4v) is 4.50. The minimum absolute atomic E-state index is 0.0670. The molecule has 4 heterocycles. The molecule has 0 saturated carbocycles. The number of fused-ring (bicyclic) bond motifs is 1. The fourth-order valence-electron chi connectivity index (χ4n) is 4.50. The third-order valence-electron chi connectivity index (χ3n) is 5.96. The van der Waals surface area contributed by atoms with E-state index < -0.39 is 36.4 Å². The van der Waals surface area contributed by atoms with Gasteiger partial charge in [-0.2, -0.15) is 18.3 Å². The summed E-state index contributed by atoms with van der Waals surface area (Å²) in [5, 5.41) is 4.16. The van der Waals surface area contributed by atoms with Crippen LogP contribution < -0.4 is 9.80 Å². The van der Waals surface area contributed by atoms with Gasteiger partial charge in [-0.3, -0.25) is 4.90 Å². The Morgan fingerprint density at radius 1 is 1.09 bits per heavy atom. The average Bonchev–Trinajstić information content (AvgIpc) is 3.48. The lowest BCUT2D eigenvalue weighted by Gasteiger charge is -2.26. The topological polar surface area (TPSA) is 57.0 Å². The van der Waals surface area contributed by atoms with Crippen molar-refractivity contribution in [1.29, 1.82) is 0 Å². The number of hydrogen-bond donors (Lipinski definition) is 0. The van der Waals surface area contributed by atoms with Crippen LogP contribution >= 0.6 is 0 Å². The van der Waals surface area contributed by atoms with Crippen LogP contribution in [0.2, 0.25) is 0 Å².